The molecule has 0 amide bonds. The summed E-state index contributed by atoms with van der Waals surface area (Å²) in [5.74, 6) is 0.770. The highest BCUT2D eigenvalue weighted by atomic mass is 16.5. The molecule has 1 saturated heterocycles. The monoisotopic (exact) mass is 377 g/mol. The van der Waals surface area contributed by atoms with Crippen LogP contribution in [0.4, 0.5) is 0 Å². The number of allylic oxidation sites excluding steroid dienone is 4. The topological polar surface area (TPSA) is 21.3 Å². The van der Waals surface area contributed by atoms with Crippen LogP contribution in [0.5, 0.6) is 0 Å². The average Bonchev–Trinajstić information content (AvgIpc) is 3.20. The quantitative estimate of drug-likeness (QED) is 0.190. The number of unbranched alkanes of at least 4 members (excludes halogenated alkanes) is 11. The molecule has 0 aromatic rings. The van der Waals surface area contributed by atoms with Crippen LogP contribution < -0.4 is 5.32 Å². The first kappa shape index (κ1) is 24.4. The van der Waals surface area contributed by atoms with E-state index in [4.69, 9.17) is 4.74 Å². The normalized spacial score (nSPS) is 17.6. The molecule has 1 heterocycles. The Morgan fingerprint density at radius 2 is 1.41 bits per heavy atom. The van der Waals surface area contributed by atoms with Gasteiger partial charge >= 0.3 is 0 Å². The Labute approximate surface area is 170 Å². The van der Waals surface area contributed by atoms with E-state index in [1.807, 2.05) is 0 Å². The second-order valence-electron chi connectivity index (χ2n) is 8.23. The van der Waals surface area contributed by atoms with Crippen LogP contribution in [0.25, 0.3) is 0 Å². The minimum absolute atomic E-state index is 0.770. The minimum atomic E-state index is 0.770. The van der Waals surface area contributed by atoms with Crippen LogP contribution in [0.1, 0.15) is 103 Å². The molecule has 2 heteroatoms. The van der Waals surface area contributed by atoms with Gasteiger partial charge in [-0.3, -0.25) is 0 Å². The smallest absolute Gasteiger partial charge is 0.0506 e. The van der Waals surface area contributed by atoms with Gasteiger partial charge < -0.3 is 10.1 Å². The van der Waals surface area contributed by atoms with E-state index in [0.29, 0.717) is 0 Å². The van der Waals surface area contributed by atoms with Crippen molar-refractivity contribution in [3.8, 4) is 0 Å². The Hall–Kier alpha value is -0.600. The number of nitrogens with one attached hydrogen (secondary N) is 1. The molecule has 1 N–H and O–H groups in total. The molecule has 1 fully saturated rings. The Kier molecular flexibility index (Phi) is 18.2. The first-order chi connectivity index (χ1) is 13.4. The molecule has 0 aromatic carbocycles. The van der Waals surface area contributed by atoms with Gasteiger partial charge in [-0.1, -0.05) is 82.6 Å². The molecular weight excluding hydrogens is 330 g/mol. The molecule has 0 saturated carbocycles. The van der Waals surface area contributed by atoms with E-state index >= 15 is 0 Å². The lowest BCUT2D eigenvalue weighted by Crippen LogP contribution is -2.14. The van der Waals surface area contributed by atoms with Crippen molar-refractivity contribution < 1.29 is 4.74 Å². The zero-order valence-electron chi connectivity index (χ0n) is 18.2. The number of ether oxygens (including phenoxy) is 1. The number of rotatable bonds is 19. The maximum Gasteiger partial charge on any atom is 0.0506 e. The van der Waals surface area contributed by atoms with Gasteiger partial charge in [-0.2, -0.15) is 0 Å². The molecule has 0 bridgehead atoms. The van der Waals surface area contributed by atoms with Crippen LogP contribution in [-0.2, 0) is 4.74 Å². The molecule has 1 atom stereocenters. The fourth-order valence-electron chi connectivity index (χ4n) is 3.65. The second-order valence-corrected chi connectivity index (χ2v) is 8.23. The van der Waals surface area contributed by atoms with Gasteiger partial charge in [0.25, 0.3) is 0 Å². The molecule has 27 heavy (non-hydrogen) atoms. The third-order valence-electron chi connectivity index (χ3n) is 5.51. The summed E-state index contributed by atoms with van der Waals surface area (Å²) in [6.45, 7) is 6.54. The van der Waals surface area contributed by atoms with E-state index < -0.39 is 0 Å². The molecule has 0 spiro atoms. The highest BCUT2D eigenvalue weighted by molar-refractivity contribution is 4.92. The van der Waals surface area contributed by atoms with Gasteiger partial charge in [-0.05, 0) is 57.4 Å². The van der Waals surface area contributed by atoms with Crippen molar-refractivity contribution in [3.05, 3.63) is 24.3 Å². The van der Waals surface area contributed by atoms with Gasteiger partial charge in [-0.15, -0.1) is 0 Å². The maximum atomic E-state index is 5.80. The lowest BCUT2D eigenvalue weighted by atomic mass is 10.1. The SMILES string of the molecule is CCCCC/C=C\C/C=C\CCCCCCCCCCOC[C@H]1CCNC1. The van der Waals surface area contributed by atoms with Crippen molar-refractivity contribution in [2.24, 2.45) is 5.92 Å². The van der Waals surface area contributed by atoms with Gasteiger partial charge in [0.05, 0.1) is 6.61 Å². The molecule has 1 rings (SSSR count). The first-order valence-electron chi connectivity index (χ1n) is 12.0. The third kappa shape index (κ3) is 17.2. The number of hydrogen-bond donors (Lipinski definition) is 1. The van der Waals surface area contributed by atoms with Crippen molar-refractivity contribution in [1.82, 2.24) is 5.32 Å². The molecule has 0 aromatic heterocycles. The summed E-state index contributed by atoms with van der Waals surface area (Å²) in [5.41, 5.74) is 0. The summed E-state index contributed by atoms with van der Waals surface area (Å²) >= 11 is 0. The Bertz CT molecular complexity index is 344. The molecular formula is C25H47NO. The third-order valence-corrected chi connectivity index (χ3v) is 5.51. The van der Waals surface area contributed by atoms with Crippen molar-refractivity contribution in [3.63, 3.8) is 0 Å². The fraction of sp³-hybridized carbons (Fsp3) is 0.840. The molecule has 0 aliphatic carbocycles. The lowest BCUT2D eigenvalue weighted by Gasteiger charge is -2.09. The van der Waals surface area contributed by atoms with Gasteiger partial charge in [-0.25, -0.2) is 0 Å². The van der Waals surface area contributed by atoms with Crippen LogP contribution >= 0.6 is 0 Å². The predicted octanol–water partition coefficient (Wildman–Crippen LogP) is 7.21. The van der Waals surface area contributed by atoms with Crippen molar-refractivity contribution in [2.45, 2.75) is 103 Å². The maximum absolute atomic E-state index is 5.80. The first-order valence-corrected chi connectivity index (χ1v) is 12.0. The standard InChI is InChI=1S/C25H47NO/c1-2-3-4-5-6-7-8-9-10-11-12-13-14-15-16-17-18-19-22-27-24-25-20-21-26-23-25/h6-7,9-10,25-26H,2-5,8,11-24H2,1H3/b7-6-,10-9-/t25-/m0/s1. The van der Waals surface area contributed by atoms with Crippen LogP contribution in [-0.4, -0.2) is 26.3 Å². The largest absolute Gasteiger partial charge is 0.381 e. The van der Waals surface area contributed by atoms with Crippen molar-refractivity contribution >= 4 is 0 Å². The van der Waals surface area contributed by atoms with Crippen LogP contribution in [0, 0.1) is 5.92 Å². The zero-order chi connectivity index (χ0) is 19.3. The molecule has 1 aliphatic rings. The van der Waals surface area contributed by atoms with E-state index in [1.54, 1.807) is 0 Å². The summed E-state index contributed by atoms with van der Waals surface area (Å²) in [5, 5.41) is 3.40. The van der Waals surface area contributed by atoms with Crippen LogP contribution in [0.15, 0.2) is 24.3 Å². The highest BCUT2D eigenvalue weighted by Crippen LogP contribution is 2.11. The van der Waals surface area contributed by atoms with Gasteiger partial charge in [0.1, 0.15) is 0 Å². The number of hydrogen-bond acceptors (Lipinski definition) is 2. The van der Waals surface area contributed by atoms with Gasteiger partial charge in [0.15, 0.2) is 0 Å². The van der Waals surface area contributed by atoms with Crippen molar-refractivity contribution in [1.29, 1.82) is 0 Å². The predicted molar refractivity (Wildman–Crippen MR) is 120 cm³/mol. The summed E-state index contributed by atoms with van der Waals surface area (Å²) in [4.78, 5) is 0. The van der Waals surface area contributed by atoms with E-state index in [0.717, 1.165) is 32.1 Å². The Balaban J connectivity index is 1.69. The molecule has 2 nitrogen and oxygen atoms in total. The summed E-state index contributed by atoms with van der Waals surface area (Å²) in [6, 6.07) is 0. The van der Waals surface area contributed by atoms with Crippen LogP contribution in [0.3, 0.4) is 0 Å². The van der Waals surface area contributed by atoms with E-state index in [9.17, 15) is 0 Å². The Morgan fingerprint density at radius 3 is 2.04 bits per heavy atom. The van der Waals surface area contributed by atoms with E-state index in [-0.39, 0.29) is 0 Å². The van der Waals surface area contributed by atoms with E-state index in [2.05, 4.69) is 36.5 Å². The molecule has 0 radical (unpaired) electrons. The van der Waals surface area contributed by atoms with Crippen LogP contribution in [0.2, 0.25) is 0 Å². The van der Waals surface area contributed by atoms with Gasteiger partial charge in [0, 0.05) is 13.2 Å². The molecule has 1 aliphatic heterocycles. The zero-order valence-corrected chi connectivity index (χ0v) is 18.2. The average molecular weight is 378 g/mol. The molecule has 158 valence electrons. The van der Waals surface area contributed by atoms with E-state index in [1.165, 1.54) is 96.4 Å². The summed E-state index contributed by atoms with van der Waals surface area (Å²) < 4.78 is 5.80. The Morgan fingerprint density at radius 1 is 0.778 bits per heavy atom. The summed E-state index contributed by atoms with van der Waals surface area (Å²) in [6.07, 6.45) is 29.3. The van der Waals surface area contributed by atoms with Crippen molar-refractivity contribution in [2.75, 3.05) is 26.3 Å². The minimum Gasteiger partial charge on any atom is -0.381 e. The van der Waals surface area contributed by atoms with Gasteiger partial charge in [0.2, 0.25) is 0 Å². The highest BCUT2D eigenvalue weighted by Gasteiger charge is 2.13. The lowest BCUT2D eigenvalue weighted by molar-refractivity contribution is 0.101. The molecule has 0 unspecified atom stereocenters. The summed E-state index contributed by atoms with van der Waals surface area (Å²) in [7, 11) is 0. The fourth-order valence-corrected chi connectivity index (χ4v) is 3.65. The second kappa shape index (κ2) is 20.1.